The minimum atomic E-state index is -0.230. The van der Waals surface area contributed by atoms with Gasteiger partial charge < -0.3 is 10.1 Å². The van der Waals surface area contributed by atoms with Gasteiger partial charge in [0.25, 0.3) is 5.91 Å². The summed E-state index contributed by atoms with van der Waals surface area (Å²) in [5.74, 6) is -0.230. The van der Waals surface area contributed by atoms with Crippen LogP contribution in [0, 0.1) is 6.92 Å². The van der Waals surface area contributed by atoms with E-state index >= 15 is 0 Å². The topological polar surface area (TPSA) is 81.9 Å². The van der Waals surface area contributed by atoms with E-state index in [2.05, 4.69) is 20.4 Å². The maximum Gasteiger partial charge on any atom is 0.271 e. The van der Waals surface area contributed by atoms with Crippen LogP contribution >= 0.6 is 0 Å². The molecule has 2 atom stereocenters. The van der Waals surface area contributed by atoms with Crippen LogP contribution in [0.1, 0.15) is 34.3 Å². The van der Waals surface area contributed by atoms with Crippen LogP contribution in [0.15, 0.2) is 24.8 Å². The fraction of sp³-hybridized carbons (Fsp3) is 0.429. The zero-order chi connectivity index (χ0) is 14.8. The fourth-order valence-corrected chi connectivity index (χ4v) is 2.41. The van der Waals surface area contributed by atoms with E-state index in [1.54, 1.807) is 17.1 Å². The Morgan fingerprint density at radius 2 is 2.24 bits per heavy atom. The number of carbonyl (C=O) groups excluding carboxylic acids is 1. The van der Waals surface area contributed by atoms with Crippen LogP contribution in [0.3, 0.4) is 0 Å². The molecule has 0 radical (unpaired) electrons. The molecule has 1 N–H and O–H groups in total. The van der Waals surface area contributed by atoms with E-state index in [4.69, 9.17) is 4.74 Å². The molecule has 0 spiro atoms. The monoisotopic (exact) mass is 287 g/mol. The molecule has 7 nitrogen and oxygen atoms in total. The Bertz CT molecular complexity index is 637. The first-order valence-corrected chi connectivity index (χ1v) is 6.83. The second-order valence-corrected chi connectivity index (χ2v) is 5.15. The molecule has 2 aromatic rings. The zero-order valence-electron chi connectivity index (χ0n) is 12.0. The predicted molar refractivity (Wildman–Crippen MR) is 74.5 cm³/mol. The number of nitrogens with one attached hydrogen (secondary N) is 1. The Hall–Kier alpha value is -2.28. The second-order valence-electron chi connectivity index (χ2n) is 5.15. The number of aromatic nitrogens is 4. The number of amides is 1. The van der Waals surface area contributed by atoms with Gasteiger partial charge in [-0.25, -0.2) is 4.98 Å². The van der Waals surface area contributed by atoms with Gasteiger partial charge in [-0.1, -0.05) is 0 Å². The molecule has 7 heteroatoms. The van der Waals surface area contributed by atoms with Crippen molar-refractivity contribution in [3.05, 3.63) is 41.7 Å². The van der Waals surface area contributed by atoms with Crippen molar-refractivity contribution >= 4 is 5.91 Å². The maximum atomic E-state index is 12.2. The fourth-order valence-electron chi connectivity index (χ4n) is 2.41. The lowest BCUT2D eigenvalue weighted by molar-refractivity contribution is 0.0817. The summed E-state index contributed by atoms with van der Waals surface area (Å²) in [4.78, 5) is 20.4. The summed E-state index contributed by atoms with van der Waals surface area (Å²) in [5, 5.41) is 7.11. The number of carbonyl (C=O) groups is 1. The summed E-state index contributed by atoms with van der Waals surface area (Å²) in [5.41, 5.74) is 2.07. The largest absolute Gasteiger partial charge is 0.371 e. The van der Waals surface area contributed by atoms with Crippen molar-refractivity contribution in [3.63, 3.8) is 0 Å². The van der Waals surface area contributed by atoms with Gasteiger partial charge in [-0.15, -0.1) is 0 Å². The van der Waals surface area contributed by atoms with Gasteiger partial charge in [0.2, 0.25) is 0 Å². The van der Waals surface area contributed by atoms with Gasteiger partial charge in [0.15, 0.2) is 0 Å². The number of aryl methyl sites for hydroxylation is 2. The number of hydrogen-bond donors (Lipinski definition) is 1. The number of ether oxygens (including phenoxy) is 1. The number of hydrogen-bond acceptors (Lipinski definition) is 5. The third kappa shape index (κ3) is 2.92. The highest BCUT2D eigenvalue weighted by Gasteiger charge is 2.32. The minimum absolute atomic E-state index is 0.0789. The third-order valence-electron chi connectivity index (χ3n) is 3.48. The van der Waals surface area contributed by atoms with E-state index in [9.17, 15) is 4.79 Å². The van der Waals surface area contributed by atoms with Crippen LogP contribution in [0.2, 0.25) is 0 Å². The second kappa shape index (κ2) is 5.61. The summed E-state index contributed by atoms with van der Waals surface area (Å²) in [7, 11) is 1.86. The minimum Gasteiger partial charge on any atom is -0.371 e. The molecule has 0 bridgehead atoms. The summed E-state index contributed by atoms with van der Waals surface area (Å²) in [6.07, 6.45) is 7.34. The van der Waals surface area contributed by atoms with Crippen LogP contribution in [0.4, 0.5) is 0 Å². The van der Waals surface area contributed by atoms with Gasteiger partial charge in [-0.2, -0.15) is 5.10 Å². The summed E-state index contributed by atoms with van der Waals surface area (Å²) in [6.45, 7) is 2.45. The average molecular weight is 287 g/mol. The predicted octanol–water partition coefficient (Wildman–Crippen LogP) is 0.779. The molecular formula is C14H17N5O2. The Morgan fingerprint density at radius 3 is 2.90 bits per heavy atom. The highest BCUT2D eigenvalue weighted by atomic mass is 16.5. The Kier molecular flexibility index (Phi) is 3.66. The number of nitrogens with zero attached hydrogens (tertiary/aromatic N) is 4. The van der Waals surface area contributed by atoms with E-state index in [1.165, 1.54) is 6.20 Å². The van der Waals surface area contributed by atoms with Gasteiger partial charge >= 0.3 is 0 Å². The highest BCUT2D eigenvalue weighted by Crippen LogP contribution is 2.28. The van der Waals surface area contributed by atoms with Crippen molar-refractivity contribution in [1.82, 2.24) is 25.1 Å². The van der Waals surface area contributed by atoms with Crippen molar-refractivity contribution in [2.24, 2.45) is 7.05 Å². The summed E-state index contributed by atoms with van der Waals surface area (Å²) >= 11 is 0. The molecule has 2 aromatic heterocycles. The molecule has 110 valence electrons. The molecule has 1 fully saturated rings. The quantitative estimate of drug-likeness (QED) is 0.902. The average Bonchev–Trinajstić information content (AvgIpc) is 3.08. The molecule has 21 heavy (non-hydrogen) atoms. The van der Waals surface area contributed by atoms with Crippen LogP contribution in [-0.4, -0.2) is 38.3 Å². The van der Waals surface area contributed by atoms with Crippen LogP contribution in [0.5, 0.6) is 0 Å². The first-order chi connectivity index (χ1) is 10.1. The maximum absolute atomic E-state index is 12.2. The van der Waals surface area contributed by atoms with Crippen LogP contribution in [-0.2, 0) is 11.8 Å². The van der Waals surface area contributed by atoms with E-state index < -0.39 is 0 Å². The smallest absolute Gasteiger partial charge is 0.271 e. The van der Waals surface area contributed by atoms with E-state index in [0.717, 1.165) is 17.7 Å². The summed E-state index contributed by atoms with van der Waals surface area (Å²) < 4.78 is 7.44. The van der Waals surface area contributed by atoms with Crippen molar-refractivity contribution in [3.8, 4) is 0 Å². The molecule has 1 amide bonds. The van der Waals surface area contributed by atoms with Gasteiger partial charge in [-0.3, -0.25) is 14.5 Å². The Labute approximate surface area is 122 Å². The summed E-state index contributed by atoms with van der Waals surface area (Å²) in [6, 6.07) is -0.0789. The van der Waals surface area contributed by atoms with Crippen LogP contribution < -0.4 is 5.32 Å². The normalized spacial score (nSPS) is 21.4. The van der Waals surface area contributed by atoms with Gasteiger partial charge in [0, 0.05) is 31.6 Å². The van der Waals surface area contributed by atoms with Crippen molar-refractivity contribution in [2.75, 3.05) is 6.61 Å². The van der Waals surface area contributed by atoms with Gasteiger partial charge in [0.05, 0.1) is 24.1 Å². The molecule has 0 unspecified atom stereocenters. The molecule has 1 aliphatic rings. The highest BCUT2D eigenvalue weighted by molar-refractivity contribution is 5.92. The van der Waals surface area contributed by atoms with E-state index in [1.807, 2.05) is 20.2 Å². The lowest BCUT2D eigenvalue weighted by Gasteiger charge is -2.18. The SMILES string of the molecule is Cc1cnc(C(=O)N[C@H]2CCO[C@@H]2c2cnn(C)c2)cn1. The first-order valence-electron chi connectivity index (χ1n) is 6.83. The molecule has 0 saturated carbocycles. The van der Waals surface area contributed by atoms with Crippen LogP contribution in [0.25, 0.3) is 0 Å². The van der Waals surface area contributed by atoms with Gasteiger partial charge in [0.1, 0.15) is 11.8 Å². The zero-order valence-corrected chi connectivity index (χ0v) is 12.0. The third-order valence-corrected chi connectivity index (χ3v) is 3.48. The molecule has 0 aliphatic carbocycles. The molecular weight excluding hydrogens is 270 g/mol. The van der Waals surface area contributed by atoms with Gasteiger partial charge in [-0.05, 0) is 13.3 Å². The lowest BCUT2D eigenvalue weighted by atomic mass is 10.1. The standard InChI is InChI=1S/C14H17N5O2/c1-9-5-16-12(7-15-9)14(20)18-11-3-4-21-13(11)10-6-17-19(2)8-10/h5-8,11,13H,3-4H2,1-2H3,(H,18,20)/t11-,13+/m0/s1. The molecule has 1 saturated heterocycles. The van der Waals surface area contributed by atoms with Crippen molar-refractivity contribution < 1.29 is 9.53 Å². The van der Waals surface area contributed by atoms with Crippen molar-refractivity contribution in [1.29, 1.82) is 0 Å². The molecule has 3 rings (SSSR count). The van der Waals surface area contributed by atoms with E-state index in [0.29, 0.717) is 12.3 Å². The first kappa shape index (κ1) is 13.7. The van der Waals surface area contributed by atoms with Crippen molar-refractivity contribution in [2.45, 2.75) is 25.5 Å². The Balaban J connectivity index is 1.71. The molecule has 0 aromatic carbocycles. The van der Waals surface area contributed by atoms with E-state index in [-0.39, 0.29) is 18.1 Å². The lowest BCUT2D eigenvalue weighted by Crippen LogP contribution is -2.37. The Morgan fingerprint density at radius 1 is 1.38 bits per heavy atom. The molecule has 3 heterocycles. The molecule has 1 aliphatic heterocycles. The number of rotatable bonds is 3.